The average molecular weight is 205 g/mol. The highest BCUT2D eigenvalue weighted by atomic mass is 32.1. The number of carbonyl (C=O) groups excluding carboxylic acids is 1. The molecule has 0 aliphatic rings. The summed E-state index contributed by atoms with van der Waals surface area (Å²) in [5.74, 6) is 5.08. The van der Waals surface area contributed by atoms with Crippen molar-refractivity contribution in [2.75, 3.05) is 7.11 Å². The van der Waals surface area contributed by atoms with Crippen molar-refractivity contribution < 1.29 is 9.53 Å². The summed E-state index contributed by atoms with van der Waals surface area (Å²) in [7, 11) is 1.34. The molecule has 4 heteroatoms. The number of thiophene rings is 1. The van der Waals surface area contributed by atoms with Gasteiger partial charge in [0.15, 0.2) is 0 Å². The minimum absolute atomic E-state index is 0.198. The molecule has 0 fully saturated rings. The standard InChI is InChI=1S/C10H7NO2S/c1-13-10(12)9-6-8(7-14-9)4-2-3-5-11/h6-7H,3H2,1H3. The Hall–Kier alpha value is -1.78. The van der Waals surface area contributed by atoms with Crippen molar-refractivity contribution >= 4 is 17.3 Å². The zero-order valence-electron chi connectivity index (χ0n) is 7.53. The van der Waals surface area contributed by atoms with Crippen LogP contribution in [0.1, 0.15) is 21.7 Å². The van der Waals surface area contributed by atoms with E-state index in [9.17, 15) is 4.79 Å². The van der Waals surface area contributed by atoms with Crippen molar-refractivity contribution in [3.8, 4) is 17.9 Å². The largest absolute Gasteiger partial charge is 0.465 e. The molecule has 0 amide bonds. The monoisotopic (exact) mass is 205 g/mol. The Labute approximate surface area is 85.9 Å². The van der Waals surface area contributed by atoms with Crippen molar-refractivity contribution in [2.24, 2.45) is 0 Å². The zero-order chi connectivity index (χ0) is 10.4. The van der Waals surface area contributed by atoms with Gasteiger partial charge in [-0.1, -0.05) is 11.8 Å². The molecule has 70 valence electrons. The van der Waals surface area contributed by atoms with Gasteiger partial charge in [-0.05, 0) is 6.07 Å². The van der Waals surface area contributed by atoms with Crippen LogP contribution in [0.25, 0.3) is 0 Å². The molecule has 0 saturated carbocycles. The van der Waals surface area contributed by atoms with Crippen LogP contribution >= 0.6 is 11.3 Å². The fraction of sp³-hybridized carbons (Fsp3) is 0.200. The summed E-state index contributed by atoms with van der Waals surface area (Å²) in [5, 5.41) is 10.0. The average Bonchev–Trinajstić information content (AvgIpc) is 2.66. The lowest BCUT2D eigenvalue weighted by Crippen LogP contribution is -1.96. The third-order valence-electron chi connectivity index (χ3n) is 1.39. The normalized spacial score (nSPS) is 8.29. The number of carbonyl (C=O) groups is 1. The first-order valence-electron chi connectivity index (χ1n) is 3.80. The molecule has 0 bridgehead atoms. The van der Waals surface area contributed by atoms with Crippen LogP contribution in [0.4, 0.5) is 0 Å². The predicted molar refractivity (Wildman–Crippen MR) is 52.8 cm³/mol. The second-order valence-electron chi connectivity index (χ2n) is 2.33. The van der Waals surface area contributed by atoms with E-state index in [0.29, 0.717) is 4.88 Å². The van der Waals surface area contributed by atoms with Gasteiger partial charge in [-0.15, -0.1) is 11.3 Å². The Morgan fingerprint density at radius 2 is 2.50 bits per heavy atom. The SMILES string of the molecule is COC(=O)c1cc(C#CCC#N)cs1. The Balaban J connectivity index is 2.76. The highest BCUT2D eigenvalue weighted by molar-refractivity contribution is 7.12. The molecule has 0 saturated heterocycles. The maximum absolute atomic E-state index is 11.0. The highest BCUT2D eigenvalue weighted by Gasteiger charge is 2.07. The number of hydrogen-bond acceptors (Lipinski definition) is 4. The van der Waals surface area contributed by atoms with Gasteiger partial charge in [0.25, 0.3) is 0 Å². The van der Waals surface area contributed by atoms with Gasteiger partial charge in [0.05, 0.1) is 19.6 Å². The van der Waals surface area contributed by atoms with E-state index in [1.165, 1.54) is 18.4 Å². The fourth-order valence-electron chi connectivity index (χ4n) is 0.795. The molecule has 1 heterocycles. The number of methoxy groups -OCH3 is 1. The third-order valence-corrected chi connectivity index (χ3v) is 2.30. The fourth-order valence-corrected chi connectivity index (χ4v) is 1.55. The van der Waals surface area contributed by atoms with Gasteiger partial charge < -0.3 is 4.74 Å². The number of nitriles is 1. The molecule has 0 atom stereocenters. The molecule has 0 N–H and O–H groups in total. The summed E-state index contributed by atoms with van der Waals surface area (Å²) < 4.78 is 4.55. The maximum Gasteiger partial charge on any atom is 0.348 e. The molecule has 0 aliphatic carbocycles. The molecule has 1 rings (SSSR count). The lowest BCUT2D eigenvalue weighted by atomic mass is 10.3. The molecule has 0 aliphatic heterocycles. The van der Waals surface area contributed by atoms with Crippen LogP contribution < -0.4 is 0 Å². The van der Waals surface area contributed by atoms with Crippen molar-refractivity contribution in [1.29, 1.82) is 5.26 Å². The second kappa shape index (κ2) is 5.06. The molecule has 0 radical (unpaired) electrons. The minimum Gasteiger partial charge on any atom is -0.465 e. The van der Waals surface area contributed by atoms with E-state index in [0.717, 1.165) is 5.56 Å². The first kappa shape index (κ1) is 10.3. The van der Waals surface area contributed by atoms with Crippen molar-refractivity contribution in [3.05, 3.63) is 21.9 Å². The molecule has 0 unspecified atom stereocenters. The van der Waals surface area contributed by atoms with E-state index in [1.54, 1.807) is 11.4 Å². The molecule has 1 aromatic rings. The summed E-state index contributed by atoms with van der Waals surface area (Å²) in [6, 6.07) is 3.57. The third kappa shape index (κ3) is 2.62. The van der Waals surface area contributed by atoms with Crippen LogP contribution in [-0.4, -0.2) is 13.1 Å². The second-order valence-corrected chi connectivity index (χ2v) is 3.24. The van der Waals surface area contributed by atoms with E-state index in [4.69, 9.17) is 5.26 Å². The molecule has 14 heavy (non-hydrogen) atoms. The van der Waals surface area contributed by atoms with Gasteiger partial charge in [-0.25, -0.2) is 4.79 Å². The number of rotatable bonds is 1. The van der Waals surface area contributed by atoms with Gasteiger partial charge in [0.2, 0.25) is 0 Å². The van der Waals surface area contributed by atoms with Gasteiger partial charge in [0, 0.05) is 10.9 Å². The van der Waals surface area contributed by atoms with Gasteiger partial charge in [-0.2, -0.15) is 5.26 Å². The predicted octanol–water partition coefficient (Wildman–Crippen LogP) is 1.80. The number of ether oxygens (including phenoxy) is 1. The van der Waals surface area contributed by atoms with Crippen LogP contribution in [0, 0.1) is 23.2 Å². The Morgan fingerprint density at radius 3 is 3.14 bits per heavy atom. The van der Waals surface area contributed by atoms with E-state index >= 15 is 0 Å². The smallest absolute Gasteiger partial charge is 0.348 e. The number of hydrogen-bond donors (Lipinski definition) is 0. The lowest BCUT2D eigenvalue weighted by molar-refractivity contribution is 0.0606. The van der Waals surface area contributed by atoms with Crippen LogP contribution in [-0.2, 0) is 4.74 Å². The maximum atomic E-state index is 11.0. The van der Waals surface area contributed by atoms with E-state index in [1.807, 2.05) is 6.07 Å². The number of esters is 1. The lowest BCUT2D eigenvalue weighted by Gasteiger charge is -1.90. The number of nitrogens with zero attached hydrogens (tertiary/aromatic N) is 1. The van der Waals surface area contributed by atoms with Crippen molar-refractivity contribution in [2.45, 2.75) is 6.42 Å². The summed E-state index contributed by atoms with van der Waals surface area (Å²) >= 11 is 1.28. The highest BCUT2D eigenvalue weighted by Crippen LogP contribution is 2.14. The molecule has 1 aromatic heterocycles. The molecule has 0 spiro atoms. The summed E-state index contributed by atoms with van der Waals surface area (Å²) in [4.78, 5) is 11.6. The Morgan fingerprint density at radius 1 is 1.71 bits per heavy atom. The molecule has 3 nitrogen and oxygen atoms in total. The van der Waals surface area contributed by atoms with Gasteiger partial charge in [0.1, 0.15) is 4.88 Å². The molecular weight excluding hydrogens is 198 g/mol. The summed E-state index contributed by atoms with van der Waals surface area (Å²) in [6.07, 6.45) is 0.198. The van der Waals surface area contributed by atoms with Crippen LogP contribution in [0.5, 0.6) is 0 Å². The van der Waals surface area contributed by atoms with Crippen molar-refractivity contribution in [1.82, 2.24) is 0 Å². The van der Waals surface area contributed by atoms with E-state index in [-0.39, 0.29) is 12.4 Å². The van der Waals surface area contributed by atoms with Crippen LogP contribution in [0.3, 0.4) is 0 Å². The Bertz CT molecular complexity index is 431. The topological polar surface area (TPSA) is 50.1 Å². The van der Waals surface area contributed by atoms with E-state index in [2.05, 4.69) is 16.6 Å². The van der Waals surface area contributed by atoms with Crippen LogP contribution in [0.2, 0.25) is 0 Å². The first-order chi connectivity index (χ1) is 6.77. The minimum atomic E-state index is -0.358. The first-order valence-corrected chi connectivity index (χ1v) is 4.68. The van der Waals surface area contributed by atoms with E-state index < -0.39 is 0 Å². The molecular formula is C10H7NO2S. The Kier molecular flexibility index (Phi) is 3.72. The van der Waals surface area contributed by atoms with Gasteiger partial charge in [-0.3, -0.25) is 0 Å². The quantitative estimate of drug-likeness (QED) is 0.519. The molecule has 0 aromatic carbocycles. The van der Waals surface area contributed by atoms with Crippen molar-refractivity contribution in [3.63, 3.8) is 0 Å². The van der Waals surface area contributed by atoms with Gasteiger partial charge >= 0.3 is 5.97 Å². The zero-order valence-corrected chi connectivity index (χ0v) is 8.35. The van der Waals surface area contributed by atoms with Crippen LogP contribution in [0.15, 0.2) is 11.4 Å². The summed E-state index contributed by atoms with van der Waals surface area (Å²) in [5.41, 5.74) is 0.741. The summed E-state index contributed by atoms with van der Waals surface area (Å²) in [6.45, 7) is 0.